The standard InChI is InChI=1S/C30H35N5O5/c1-3-4-6-11-23(17-28(36)34-39-19-21-9-7-5-8-10-21)29(37)31-20-32-30(38)27-15-14-26(40-27)22-12-13-24-18-33-35(2)25(24)16-22/h5,7-10,12-16,18,23H,3-4,6,11,17,19-20H2,1-2H3,(H,31,37)(H,32,38)(H,34,36)/t23-/m1/s1. The fourth-order valence-corrected chi connectivity index (χ4v) is 4.36. The maximum absolute atomic E-state index is 12.9. The summed E-state index contributed by atoms with van der Waals surface area (Å²) in [6.45, 7) is 2.22. The number of carbonyl (C=O) groups excluding carboxylic acids is 3. The summed E-state index contributed by atoms with van der Waals surface area (Å²) >= 11 is 0. The van der Waals surface area contributed by atoms with E-state index >= 15 is 0 Å². The summed E-state index contributed by atoms with van der Waals surface area (Å²) < 4.78 is 7.54. The van der Waals surface area contributed by atoms with E-state index in [4.69, 9.17) is 9.25 Å². The second-order valence-corrected chi connectivity index (χ2v) is 9.63. The normalized spacial score (nSPS) is 11.8. The van der Waals surface area contributed by atoms with Crippen LogP contribution in [0.3, 0.4) is 0 Å². The van der Waals surface area contributed by atoms with Crippen LogP contribution < -0.4 is 16.1 Å². The fraction of sp³-hybridized carbons (Fsp3) is 0.333. The zero-order chi connectivity index (χ0) is 28.3. The molecule has 0 bridgehead atoms. The number of aryl methyl sites for hydroxylation is 1. The molecule has 2 aromatic heterocycles. The van der Waals surface area contributed by atoms with Gasteiger partial charge in [-0.15, -0.1) is 0 Å². The minimum Gasteiger partial charge on any atom is -0.451 e. The number of aromatic nitrogens is 2. The van der Waals surface area contributed by atoms with Crippen LogP contribution >= 0.6 is 0 Å². The van der Waals surface area contributed by atoms with Crippen molar-refractivity contribution in [2.45, 2.75) is 45.6 Å². The van der Waals surface area contributed by atoms with E-state index in [2.05, 4.69) is 28.1 Å². The highest BCUT2D eigenvalue weighted by Gasteiger charge is 2.22. The van der Waals surface area contributed by atoms with Gasteiger partial charge < -0.3 is 15.1 Å². The van der Waals surface area contributed by atoms with Crippen molar-refractivity contribution in [2.75, 3.05) is 6.67 Å². The molecule has 40 heavy (non-hydrogen) atoms. The van der Waals surface area contributed by atoms with Gasteiger partial charge in [-0.05, 0) is 30.2 Å². The Morgan fingerprint density at radius 3 is 2.65 bits per heavy atom. The highest BCUT2D eigenvalue weighted by Crippen LogP contribution is 2.26. The van der Waals surface area contributed by atoms with E-state index in [1.54, 1.807) is 23.0 Å². The second-order valence-electron chi connectivity index (χ2n) is 9.63. The molecular weight excluding hydrogens is 510 g/mol. The molecule has 0 aliphatic carbocycles. The van der Waals surface area contributed by atoms with Gasteiger partial charge in [0.05, 0.1) is 25.0 Å². The van der Waals surface area contributed by atoms with Gasteiger partial charge in [-0.25, -0.2) is 5.48 Å². The molecule has 1 atom stereocenters. The Hall–Kier alpha value is -4.44. The van der Waals surface area contributed by atoms with E-state index in [-0.39, 0.29) is 37.3 Å². The Labute approximate surface area is 233 Å². The molecule has 3 N–H and O–H groups in total. The number of carbonyl (C=O) groups is 3. The Kier molecular flexibility index (Phi) is 10.1. The molecule has 0 unspecified atom stereocenters. The van der Waals surface area contributed by atoms with Crippen LogP contribution in [0.1, 0.15) is 55.1 Å². The van der Waals surface area contributed by atoms with E-state index in [9.17, 15) is 14.4 Å². The van der Waals surface area contributed by atoms with Crippen LogP contribution in [0, 0.1) is 5.92 Å². The van der Waals surface area contributed by atoms with E-state index in [1.807, 2.05) is 55.6 Å². The highest BCUT2D eigenvalue weighted by molar-refractivity contribution is 5.93. The van der Waals surface area contributed by atoms with Gasteiger partial charge in [-0.3, -0.25) is 23.9 Å². The van der Waals surface area contributed by atoms with Crippen molar-refractivity contribution in [1.29, 1.82) is 0 Å². The lowest BCUT2D eigenvalue weighted by molar-refractivity contribution is -0.139. The summed E-state index contributed by atoms with van der Waals surface area (Å²) in [5.41, 5.74) is 5.12. The molecule has 3 amide bonds. The van der Waals surface area contributed by atoms with Crippen molar-refractivity contribution in [3.05, 3.63) is 78.2 Å². The summed E-state index contributed by atoms with van der Waals surface area (Å²) in [6.07, 6.45) is 5.11. The number of hydrogen-bond acceptors (Lipinski definition) is 6. The lowest BCUT2D eigenvalue weighted by Crippen LogP contribution is -2.41. The summed E-state index contributed by atoms with van der Waals surface area (Å²) in [7, 11) is 1.86. The summed E-state index contributed by atoms with van der Waals surface area (Å²) in [5, 5.41) is 10.6. The van der Waals surface area contributed by atoms with Crippen molar-refractivity contribution in [3.8, 4) is 11.3 Å². The zero-order valence-electron chi connectivity index (χ0n) is 22.8. The van der Waals surface area contributed by atoms with Gasteiger partial charge in [-0.1, -0.05) is 68.7 Å². The molecular formula is C30H35N5O5. The Morgan fingerprint density at radius 1 is 1.02 bits per heavy atom. The molecule has 0 saturated heterocycles. The van der Waals surface area contributed by atoms with Crippen LogP contribution in [0.4, 0.5) is 0 Å². The van der Waals surface area contributed by atoms with Crippen molar-refractivity contribution in [3.63, 3.8) is 0 Å². The van der Waals surface area contributed by atoms with E-state index in [0.717, 1.165) is 41.3 Å². The number of benzene rings is 2. The summed E-state index contributed by atoms with van der Waals surface area (Å²) in [5.74, 6) is -0.996. The van der Waals surface area contributed by atoms with Gasteiger partial charge in [0.15, 0.2) is 5.76 Å². The number of furan rings is 1. The molecule has 4 aromatic rings. The maximum Gasteiger partial charge on any atom is 0.288 e. The number of nitrogens with one attached hydrogen (secondary N) is 3. The first kappa shape index (κ1) is 28.6. The van der Waals surface area contributed by atoms with Crippen LogP contribution in [0.2, 0.25) is 0 Å². The molecule has 10 heteroatoms. The van der Waals surface area contributed by atoms with Crippen molar-refractivity contribution in [2.24, 2.45) is 13.0 Å². The second kappa shape index (κ2) is 14.1. The minimum absolute atomic E-state index is 0.0131. The average molecular weight is 546 g/mol. The lowest BCUT2D eigenvalue weighted by atomic mass is 9.96. The number of nitrogens with zero attached hydrogens (tertiary/aromatic N) is 2. The highest BCUT2D eigenvalue weighted by atomic mass is 16.6. The van der Waals surface area contributed by atoms with Gasteiger partial charge in [0.2, 0.25) is 11.8 Å². The number of fused-ring (bicyclic) bond motifs is 1. The van der Waals surface area contributed by atoms with Crippen molar-refractivity contribution >= 4 is 28.6 Å². The molecule has 10 nitrogen and oxygen atoms in total. The van der Waals surface area contributed by atoms with E-state index < -0.39 is 11.8 Å². The Morgan fingerprint density at radius 2 is 1.85 bits per heavy atom. The molecule has 210 valence electrons. The summed E-state index contributed by atoms with van der Waals surface area (Å²) in [6, 6.07) is 18.6. The molecule has 2 aromatic carbocycles. The number of hydroxylamine groups is 1. The van der Waals surface area contributed by atoms with Crippen LogP contribution in [0.25, 0.3) is 22.2 Å². The quantitative estimate of drug-likeness (QED) is 0.122. The molecule has 0 aliphatic rings. The summed E-state index contributed by atoms with van der Waals surface area (Å²) in [4.78, 5) is 43.3. The van der Waals surface area contributed by atoms with Gasteiger partial charge in [0, 0.05) is 30.3 Å². The maximum atomic E-state index is 12.9. The number of unbranched alkanes of at least 4 members (excludes halogenated alkanes) is 2. The molecule has 0 aliphatic heterocycles. The predicted octanol–water partition coefficient (Wildman–Crippen LogP) is 4.47. The molecule has 0 spiro atoms. The van der Waals surface area contributed by atoms with Crippen LogP contribution in [-0.2, 0) is 28.1 Å². The first-order valence-electron chi connectivity index (χ1n) is 13.5. The van der Waals surface area contributed by atoms with Gasteiger partial charge in [0.25, 0.3) is 5.91 Å². The van der Waals surface area contributed by atoms with Crippen molar-refractivity contribution in [1.82, 2.24) is 25.9 Å². The minimum atomic E-state index is -0.541. The molecule has 0 radical (unpaired) electrons. The number of hydrogen-bond donors (Lipinski definition) is 3. The third-order valence-electron chi connectivity index (χ3n) is 6.60. The van der Waals surface area contributed by atoms with Crippen LogP contribution in [0.15, 0.2) is 71.3 Å². The fourth-order valence-electron chi connectivity index (χ4n) is 4.36. The SMILES string of the molecule is CCCCC[C@H](CC(=O)NOCc1ccccc1)C(=O)NCNC(=O)c1ccc(-c2ccc3cnn(C)c3c2)o1. The smallest absolute Gasteiger partial charge is 0.288 e. The molecule has 0 fully saturated rings. The largest absolute Gasteiger partial charge is 0.451 e. The third-order valence-corrected chi connectivity index (χ3v) is 6.60. The van der Waals surface area contributed by atoms with Crippen molar-refractivity contribution < 1.29 is 23.6 Å². The first-order valence-corrected chi connectivity index (χ1v) is 13.5. The Balaban J connectivity index is 1.26. The topological polar surface area (TPSA) is 127 Å². The number of rotatable bonds is 14. The van der Waals surface area contributed by atoms with Gasteiger partial charge in [0.1, 0.15) is 5.76 Å². The zero-order valence-corrected chi connectivity index (χ0v) is 22.8. The van der Waals surface area contributed by atoms with E-state index in [1.165, 1.54) is 0 Å². The average Bonchev–Trinajstić information content (AvgIpc) is 3.60. The third kappa shape index (κ3) is 7.79. The predicted molar refractivity (Wildman–Crippen MR) is 151 cm³/mol. The number of amides is 3. The monoisotopic (exact) mass is 545 g/mol. The van der Waals surface area contributed by atoms with Crippen LogP contribution in [-0.4, -0.2) is 34.2 Å². The molecule has 0 saturated carbocycles. The molecule has 2 heterocycles. The van der Waals surface area contributed by atoms with E-state index in [0.29, 0.717) is 12.2 Å². The first-order chi connectivity index (χ1) is 19.4. The lowest BCUT2D eigenvalue weighted by Gasteiger charge is -2.17. The molecule has 4 rings (SSSR count). The van der Waals surface area contributed by atoms with Gasteiger partial charge >= 0.3 is 0 Å². The Bertz CT molecular complexity index is 1430. The van der Waals surface area contributed by atoms with Gasteiger partial charge in [-0.2, -0.15) is 5.10 Å². The van der Waals surface area contributed by atoms with Crippen LogP contribution in [0.5, 0.6) is 0 Å².